The number of benzene rings is 1. The fourth-order valence-electron chi connectivity index (χ4n) is 0.688. The minimum absolute atomic E-state index is 0.0419. The number of rotatable bonds is 1. The summed E-state index contributed by atoms with van der Waals surface area (Å²) in [6, 6.07) is 2.38. The molecule has 0 aliphatic rings. The highest BCUT2D eigenvalue weighted by molar-refractivity contribution is 6.68. The fourth-order valence-corrected chi connectivity index (χ4v) is 1.36. The van der Waals surface area contributed by atoms with E-state index in [4.69, 9.17) is 39.9 Å². The maximum Gasteiger partial charge on any atom is 0.254 e. The first kappa shape index (κ1) is 9.65. The van der Waals surface area contributed by atoms with Crippen molar-refractivity contribution in [2.75, 3.05) is 0 Å². The number of phenolic OH excluding ortho intramolecular Hbond substituents is 1. The molecule has 0 heterocycles. The summed E-state index contributed by atoms with van der Waals surface area (Å²) in [5.74, 6) is -0.218. The lowest BCUT2D eigenvalue weighted by Gasteiger charge is -2.00. The first-order chi connectivity index (χ1) is 5.52. The molecule has 0 aliphatic heterocycles. The second-order valence-electron chi connectivity index (χ2n) is 2.06. The van der Waals surface area contributed by atoms with Crippen molar-refractivity contribution in [3.63, 3.8) is 0 Å². The summed E-state index contributed by atoms with van der Waals surface area (Å²) in [7, 11) is 0. The maximum atomic E-state index is 10.7. The van der Waals surface area contributed by atoms with Gasteiger partial charge in [-0.05, 0) is 23.7 Å². The number of phenols is 1. The lowest BCUT2D eigenvalue weighted by molar-refractivity contribution is 0.108. The highest BCUT2D eigenvalue weighted by Crippen LogP contribution is 2.30. The number of aromatic hydroxyl groups is 1. The molecule has 0 atom stereocenters. The van der Waals surface area contributed by atoms with Gasteiger partial charge in [0.1, 0.15) is 5.75 Å². The van der Waals surface area contributed by atoms with E-state index in [2.05, 4.69) is 0 Å². The Balaban J connectivity index is 3.33. The van der Waals surface area contributed by atoms with Gasteiger partial charge in [0.05, 0.1) is 15.6 Å². The Kier molecular flexibility index (Phi) is 2.83. The van der Waals surface area contributed by atoms with Crippen molar-refractivity contribution in [1.82, 2.24) is 0 Å². The van der Waals surface area contributed by atoms with Crippen molar-refractivity contribution >= 4 is 40.0 Å². The molecule has 0 saturated heterocycles. The van der Waals surface area contributed by atoms with Gasteiger partial charge < -0.3 is 5.11 Å². The fraction of sp³-hybridized carbons (Fsp3) is 0. The summed E-state index contributed by atoms with van der Waals surface area (Å²) in [4.78, 5) is 10.7. The SMILES string of the molecule is O=C(Cl)c1cc(O)c(Cl)cc1Cl. The van der Waals surface area contributed by atoms with Crippen molar-refractivity contribution in [2.24, 2.45) is 0 Å². The Bertz CT molecular complexity index is 336. The lowest BCUT2D eigenvalue weighted by atomic mass is 10.2. The van der Waals surface area contributed by atoms with Crippen LogP contribution in [0.15, 0.2) is 12.1 Å². The van der Waals surface area contributed by atoms with Gasteiger partial charge in [0.2, 0.25) is 0 Å². The minimum Gasteiger partial charge on any atom is -0.506 e. The predicted molar refractivity (Wildman–Crippen MR) is 48.3 cm³/mol. The molecule has 0 radical (unpaired) electrons. The van der Waals surface area contributed by atoms with Crippen LogP contribution >= 0.6 is 34.8 Å². The second kappa shape index (κ2) is 3.52. The molecule has 0 fully saturated rings. The summed E-state index contributed by atoms with van der Waals surface area (Å²) in [5, 5.41) is 8.55. The molecule has 0 unspecified atom stereocenters. The van der Waals surface area contributed by atoms with Crippen molar-refractivity contribution in [1.29, 1.82) is 0 Å². The zero-order valence-electron chi connectivity index (χ0n) is 5.64. The van der Waals surface area contributed by atoms with Crippen molar-refractivity contribution in [3.8, 4) is 5.75 Å². The number of carbonyl (C=O) groups is 1. The largest absolute Gasteiger partial charge is 0.506 e. The number of halogens is 3. The average molecular weight is 225 g/mol. The molecular weight excluding hydrogens is 222 g/mol. The lowest BCUT2D eigenvalue weighted by Crippen LogP contribution is -1.89. The highest BCUT2D eigenvalue weighted by Gasteiger charge is 2.10. The zero-order chi connectivity index (χ0) is 9.30. The minimum atomic E-state index is -0.730. The Morgan fingerprint density at radius 2 is 1.83 bits per heavy atom. The highest BCUT2D eigenvalue weighted by atomic mass is 35.5. The Morgan fingerprint density at radius 3 is 2.33 bits per heavy atom. The molecule has 1 aromatic rings. The molecule has 12 heavy (non-hydrogen) atoms. The summed E-state index contributed by atoms with van der Waals surface area (Å²) < 4.78 is 0. The molecule has 0 amide bonds. The first-order valence-electron chi connectivity index (χ1n) is 2.90. The van der Waals surface area contributed by atoms with E-state index in [0.29, 0.717) is 0 Å². The van der Waals surface area contributed by atoms with Gasteiger partial charge in [-0.1, -0.05) is 23.2 Å². The third-order valence-electron chi connectivity index (χ3n) is 1.25. The van der Waals surface area contributed by atoms with Gasteiger partial charge in [-0.25, -0.2) is 0 Å². The predicted octanol–water partition coefficient (Wildman–Crippen LogP) is 3.08. The summed E-state index contributed by atoms with van der Waals surface area (Å²) in [5.41, 5.74) is 0.0419. The van der Waals surface area contributed by atoms with E-state index in [9.17, 15) is 4.79 Å². The van der Waals surface area contributed by atoms with Gasteiger partial charge in [0.25, 0.3) is 5.24 Å². The number of carbonyl (C=O) groups excluding carboxylic acids is 1. The summed E-state index contributed by atoms with van der Waals surface area (Å²) >= 11 is 16.3. The van der Waals surface area contributed by atoms with Crippen LogP contribution in [0.5, 0.6) is 5.75 Å². The van der Waals surface area contributed by atoms with Crippen LogP contribution in [0.4, 0.5) is 0 Å². The van der Waals surface area contributed by atoms with E-state index in [1.807, 2.05) is 0 Å². The van der Waals surface area contributed by atoms with Crippen LogP contribution in [0, 0.1) is 0 Å². The standard InChI is InChI=1S/C7H3Cl3O2/c8-4-2-5(9)6(11)1-3(4)7(10)12/h1-2,11H. The summed E-state index contributed by atoms with van der Waals surface area (Å²) in [6.07, 6.45) is 0. The van der Waals surface area contributed by atoms with Gasteiger partial charge in [-0.2, -0.15) is 0 Å². The van der Waals surface area contributed by atoms with Crippen LogP contribution in [-0.4, -0.2) is 10.3 Å². The van der Waals surface area contributed by atoms with Crippen molar-refractivity contribution in [2.45, 2.75) is 0 Å². The molecule has 0 bridgehead atoms. The molecule has 5 heteroatoms. The maximum absolute atomic E-state index is 10.7. The van der Waals surface area contributed by atoms with E-state index in [1.54, 1.807) is 0 Å². The molecule has 1 rings (SSSR count). The second-order valence-corrected chi connectivity index (χ2v) is 3.21. The van der Waals surface area contributed by atoms with Gasteiger partial charge in [-0.15, -0.1) is 0 Å². The van der Waals surface area contributed by atoms with E-state index < -0.39 is 5.24 Å². The quantitative estimate of drug-likeness (QED) is 0.746. The molecule has 0 spiro atoms. The van der Waals surface area contributed by atoms with Crippen molar-refractivity contribution in [3.05, 3.63) is 27.7 Å². The van der Waals surface area contributed by atoms with Crippen LogP contribution in [0.2, 0.25) is 10.0 Å². The normalized spacial score (nSPS) is 9.92. The molecule has 0 aliphatic carbocycles. The Labute approximate surface area is 83.7 Å². The first-order valence-corrected chi connectivity index (χ1v) is 4.03. The topological polar surface area (TPSA) is 37.3 Å². The third kappa shape index (κ3) is 1.83. The molecule has 1 N–H and O–H groups in total. The van der Waals surface area contributed by atoms with Gasteiger partial charge in [-0.3, -0.25) is 4.79 Å². The molecule has 2 nitrogen and oxygen atoms in total. The Morgan fingerprint density at radius 1 is 1.25 bits per heavy atom. The molecule has 0 saturated carbocycles. The van der Waals surface area contributed by atoms with Crippen LogP contribution in [0.25, 0.3) is 0 Å². The third-order valence-corrected chi connectivity index (χ3v) is 2.07. The van der Waals surface area contributed by atoms with Gasteiger partial charge in [0.15, 0.2) is 0 Å². The van der Waals surface area contributed by atoms with Crippen LogP contribution < -0.4 is 0 Å². The van der Waals surface area contributed by atoms with Gasteiger partial charge >= 0.3 is 0 Å². The number of hydrogen-bond donors (Lipinski definition) is 1. The number of hydrogen-bond acceptors (Lipinski definition) is 2. The molecular formula is C7H3Cl3O2. The van der Waals surface area contributed by atoms with Gasteiger partial charge in [0, 0.05) is 0 Å². The van der Waals surface area contributed by atoms with Crippen LogP contribution in [0.3, 0.4) is 0 Å². The van der Waals surface area contributed by atoms with Crippen LogP contribution in [-0.2, 0) is 0 Å². The van der Waals surface area contributed by atoms with E-state index >= 15 is 0 Å². The van der Waals surface area contributed by atoms with E-state index in [0.717, 1.165) is 6.07 Å². The Hall–Kier alpha value is -0.440. The van der Waals surface area contributed by atoms with E-state index in [1.165, 1.54) is 6.07 Å². The van der Waals surface area contributed by atoms with Crippen molar-refractivity contribution < 1.29 is 9.90 Å². The van der Waals surface area contributed by atoms with E-state index in [-0.39, 0.29) is 21.4 Å². The molecule has 0 aromatic heterocycles. The smallest absolute Gasteiger partial charge is 0.254 e. The monoisotopic (exact) mass is 224 g/mol. The van der Waals surface area contributed by atoms with Crippen LogP contribution in [0.1, 0.15) is 10.4 Å². The summed E-state index contributed by atoms with van der Waals surface area (Å²) in [6.45, 7) is 0. The zero-order valence-corrected chi connectivity index (χ0v) is 7.91. The molecule has 64 valence electrons. The molecule has 1 aromatic carbocycles. The average Bonchev–Trinajstić information content (AvgIpc) is 1.96.